The number of esters is 1. The Balaban J connectivity index is 2.17. The van der Waals surface area contributed by atoms with Crippen molar-refractivity contribution in [1.82, 2.24) is 10.2 Å². The van der Waals surface area contributed by atoms with Crippen molar-refractivity contribution in [3.63, 3.8) is 0 Å². The lowest BCUT2D eigenvalue weighted by Crippen LogP contribution is -2.55. The first-order chi connectivity index (χ1) is 10.0. The van der Waals surface area contributed by atoms with Crippen molar-refractivity contribution in [2.24, 2.45) is 0 Å². The fourth-order valence-electron chi connectivity index (χ4n) is 2.30. The highest BCUT2D eigenvalue weighted by molar-refractivity contribution is 5.87. The second-order valence-corrected chi connectivity index (χ2v) is 4.77. The summed E-state index contributed by atoms with van der Waals surface area (Å²) in [5.74, 6) is -2.70. The third-order valence-electron chi connectivity index (χ3n) is 3.43. The molecular weight excluding hydrogens is 282 g/mol. The molecule has 1 atom stereocenters. The molecule has 1 saturated heterocycles. The Kier molecular flexibility index (Phi) is 4.85. The zero-order valence-corrected chi connectivity index (χ0v) is 11.6. The van der Waals surface area contributed by atoms with Crippen LogP contribution in [-0.4, -0.2) is 43.0 Å². The minimum atomic E-state index is -0.932. The van der Waals surface area contributed by atoms with Crippen molar-refractivity contribution < 1.29 is 23.1 Å². The van der Waals surface area contributed by atoms with E-state index in [0.29, 0.717) is 13.1 Å². The van der Waals surface area contributed by atoms with Gasteiger partial charge in [0.25, 0.3) is 0 Å². The molecule has 1 N–H and O–H groups in total. The number of carbonyl (C=O) groups excluding carboxylic acids is 2. The average Bonchev–Trinajstić information content (AvgIpc) is 2.47. The minimum absolute atomic E-state index is 0.0542. The van der Waals surface area contributed by atoms with Crippen LogP contribution in [0.1, 0.15) is 12.0 Å². The molecule has 0 unspecified atom stereocenters. The molecule has 0 radical (unpaired) electrons. The summed E-state index contributed by atoms with van der Waals surface area (Å²) in [6.07, 6.45) is -0.126. The molecule has 0 aromatic heterocycles. The molecule has 21 heavy (non-hydrogen) atoms. The van der Waals surface area contributed by atoms with Gasteiger partial charge < -0.3 is 10.1 Å². The van der Waals surface area contributed by atoms with E-state index in [-0.39, 0.29) is 24.4 Å². The van der Waals surface area contributed by atoms with Crippen molar-refractivity contribution in [3.05, 3.63) is 35.4 Å². The maximum absolute atomic E-state index is 13.7. The molecule has 2 rings (SSSR count). The normalized spacial score (nSPS) is 19.2. The maximum atomic E-state index is 13.7. The second kappa shape index (κ2) is 6.62. The van der Waals surface area contributed by atoms with Gasteiger partial charge >= 0.3 is 5.97 Å². The molecule has 1 aromatic carbocycles. The third kappa shape index (κ3) is 3.55. The van der Waals surface area contributed by atoms with Crippen LogP contribution in [0.4, 0.5) is 8.78 Å². The number of piperazine rings is 1. The van der Waals surface area contributed by atoms with Crippen molar-refractivity contribution >= 4 is 11.9 Å². The molecule has 1 fully saturated rings. The summed E-state index contributed by atoms with van der Waals surface area (Å²) in [5, 5.41) is 2.65. The van der Waals surface area contributed by atoms with E-state index in [1.54, 1.807) is 4.90 Å². The Labute approximate surface area is 120 Å². The SMILES string of the molecule is COC(=O)C[C@H]1C(=O)NCCN1Cc1cccc(F)c1F. The van der Waals surface area contributed by atoms with Crippen LogP contribution in [0.15, 0.2) is 18.2 Å². The van der Waals surface area contributed by atoms with Gasteiger partial charge in [-0.3, -0.25) is 14.5 Å². The van der Waals surface area contributed by atoms with Gasteiger partial charge in [0, 0.05) is 25.2 Å². The summed E-state index contributed by atoms with van der Waals surface area (Å²) in [6.45, 7) is 0.898. The Morgan fingerprint density at radius 2 is 2.24 bits per heavy atom. The first-order valence-electron chi connectivity index (χ1n) is 6.54. The number of amides is 1. The number of benzene rings is 1. The molecule has 114 valence electrons. The molecule has 0 spiro atoms. The van der Waals surface area contributed by atoms with Gasteiger partial charge in [-0.2, -0.15) is 0 Å². The first kappa shape index (κ1) is 15.4. The summed E-state index contributed by atoms with van der Waals surface area (Å²) in [4.78, 5) is 24.9. The lowest BCUT2D eigenvalue weighted by molar-refractivity contribution is -0.146. The fourth-order valence-corrected chi connectivity index (χ4v) is 2.30. The molecule has 1 heterocycles. The molecule has 0 saturated carbocycles. The Morgan fingerprint density at radius 1 is 1.48 bits per heavy atom. The molecule has 0 bridgehead atoms. The molecule has 1 aliphatic heterocycles. The van der Waals surface area contributed by atoms with Gasteiger partial charge in [0.2, 0.25) is 5.91 Å². The van der Waals surface area contributed by atoms with Gasteiger partial charge in [-0.15, -0.1) is 0 Å². The smallest absolute Gasteiger partial charge is 0.307 e. The van der Waals surface area contributed by atoms with E-state index in [9.17, 15) is 18.4 Å². The highest BCUT2D eigenvalue weighted by Gasteiger charge is 2.32. The monoisotopic (exact) mass is 298 g/mol. The summed E-state index contributed by atoms with van der Waals surface area (Å²) >= 11 is 0. The zero-order chi connectivity index (χ0) is 15.4. The van der Waals surface area contributed by atoms with E-state index >= 15 is 0 Å². The molecular formula is C14H16F2N2O3. The highest BCUT2D eigenvalue weighted by Crippen LogP contribution is 2.18. The number of hydrogen-bond acceptors (Lipinski definition) is 4. The van der Waals surface area contributed by atoms with E-state index in [0.717, 1.165) is 6.07 Å². The van der Waals surface area contributed by atoms with E-state index in [4.69, 9.17) is 0 Å². The van der Waals surface area contributed by atoms with Crippen molar-refractivity contribution in [1.29, 1.82) is 0 Å². The summed E-state index contributed by atoms with van der Waals surface area (Å²) in [5.41, 5.74) is 0.152. The zero-order valence-electron chi connectivity index (χ0n) is 11.6. The Hall–Kier alpha value is -2.02. The van der Waals surface area contributed by atoms with Gasteiger partial charge in [0.15, 0.2) is 11.6 Å². The number of hydrogen-bond donors (Lipinski definition) is 1. The molecule has 7 heteroatoms. The Bertz CT molecular complexity index is 551. The van der Waals surface area contributed by atoms with E-state index in [1.807, 2.05) is 0 Å². The van der Waals surface area contributed by atoms with Gasteiger partial charge in [-0.05, 0) is 6.07 Å². The summed E-state index contributed by atoms with van der Waals surface area (Å²) in [6, 6.07) is 3.16. The van der Waals surface area contributed by atoms with Crippen LogP contribution in [-0.2, 0) is 20.9 Å². The average molecular weight is 298 g/mol. The van der Waals surface area contributed by atoms with E-state index < -0.39 is 23.6 Å². The minimum Gasteiger partial charge on any atom is -0.469 e. The van der Waals surface area contributed by atoms with Crippen molar-refractivity contribution in [2.75, 3.05) is 20.2 Å². The number of ether oxygens (including phenoxy) is 1. The van der Waals surface area contributed by atoms with E-state index in [1.165, 1.54) is 19.2 Å². The standard InChI is InChI=1S/C14H16F2N2O3/c1-21-12(19)7-11-14(20)17-5-6-18(11)8-9-3-2-4-10(15)13(9)16/h2-4,11H,5-8H2,1H3,(H,17,20)/t11-/m0/s1. The van der Waals surface area contributed by atoms with Gasteiger partial charge in [-0.25, -0.2) is 8.78 Å². The summed E-state index contributed by atoms with van der Waals surface area (Å²) < 4.78 is 31.5. The lowest BCUT2D eigenvalue weighted by atomic mass is 10.1. The number of nitrogens with one attached hydrogen (secondary N) is 1. The molecule has 5 nitrogen and oxygen atoms in total. The molecule has 0 aliphatic carbocycles. The van der Waals surface area contributed by atoms with Gasteiger partial charge in [0.05, 0.1) is 13.5 Å². The number of nitrogens with zero attached hydrogens (tertiary/aromatic N) is 1. The number of halogens is 2. The molecule has 1 amide bonds. The quantitative estimate of drug-likeness (QED) is 0.837. The van der Waals surface area contributed by atoms with Crippen LogP contribution in [0.2, 0.25) is 0 Å². The molecule has 1 aromatic rings. The van der Waals surface area contributed by atoms with Crippen molar-refractivity contribution in [3.8, 4) is 0 Å². The van der Waals surface area contributed by atoms with Crippen LogP contribution >= 0.6 is 0 Å². The number of methoxy groups -OCH3 is 1. The predicted octanol–water partition coefficient (Wildman–Crippen LogP) is 0.828. The van der Waals surface area contributed by atoms with Gasteiger partial charge in [-0.1, -0.05) is 12.1 Å². The highest BCUT2D eigenvalue weighted by atomic mass is 19.2. The van der Waals surface area contributed by atoms with Crippen LogP contribution in [0, 0.1) is 11.6 Å². The molecule has 1 aliphatic rings. The predicted molar refractivity (Wildman–Crippen MR) is 70.2 cm³/mol. The van der Waals surface area contributed by atoms with Crippen LogP contribution in [0.5, 0.6) is 0 Å². The summed E-state index contributed by atoms with van der Waals surface area (Å²) in [7, 11) is 1.24. The largest absolute Gasteiger partial charge is 0.469 e. The lowest BCUT2D eigenvalue weighted by Gasteiger charge is -2.34. The first-order valence-corrected chi connectivity index (χ1v) is 6.54. The third-order valence-corrected chi connectivity index (χ3v) is 3.43. The van der Waals surface area contributed by atoms with Crippen LogP contribution < -0.4 is 5.32 Å². The van der Waals surface area contributed by atoms with Crippen LogP contribution in [0.3, 0.4) is 0 Å². The number of carbonyl (C=O) groups is 2. The van der Waals surface area contributed by atoms with Crippen LogP contribution in [0.25, 0.3) is 0 Å². The topological polar surface area (TPSA) is 58.6 Å². The van der Waals surface area contributed by atoms with E-state index in [2.05, 4.69) is 10.1 Å². The Morgan fingerprint density at radius 3 is 2.95 bits per heavy atom. The fraction of sp³-hybridized carbons (Fsp3) is 0.429. The van der Waals surface area contributed by atoms with Crippen molar-refractivity contribution in [2.45, 2.75) is 19.0 Å². The number of rotatable bonds is 4. The second-order valence-electron chi connectivity index (χ2n) is 4.77. The maximum Gasteiger partial charge on any atom is 0.307 e. The van der Waals surface area contributed by atoms with Gasteiger partial charge in [0.1, 0.15) is 6.04 Å².